The Kier molecular flexibility index (Phi) is 3.57. The number of aromatic nitrogens is 1. The van der Waals surface area contributed by atoms with E-state index in [0.717, 1.165) is 16.9 Å². The number of hydrogen-bond donors (Lipinski definition) is 3. The Bertz CT molecular complexity index is 485. The second-order valence-corrected chi connectivity index (χ2v) is 3.67. The maximum Gasteiger partial charge on any atom is 0.0723 e. The van der Waals surface area contributed by atoms with E-state index in [4.69, 9.17) is 10.8 Å². The quantitative estimate of drug-likeness (QED) is 0.698. The molecule has 0 unspecified atom stereocenters. The zero-order chi connectivity index (χ0) is 12.1. The number of anilines is 2. The Hall–Kier alpha value is -2.07. The fourth-order valence-corrected chi connectivity index (χ4v) is 1.64. The molecular formula is C13H15N3O. The van der Waals surface area contributed by atoms with Crippen LogP contribution in [0.4, 0.5) is 11.4 Å². The third kappa shape index (κ3) is 2.73. The highest BCUT2D eigenvalue weighted by Crippen LogP contribution is 2.28. The van der Waals surface area contributed by atoms with Crippen molar-refractivity contribution in [1.29, 1.82) is 0 Å². The van der Waals surface area contributed by atoms with Crippen molar-refractivity contribution in [3.63, 3.8) is 0 Å². The molecular weight excluding hydrogens is 214 g/mol. The minimum Gasteiger partial charge on any atom is -0.399 e. The van der Waals surface area contributed by atoms with Crippen LogP contribution < -0.4 is 11.1 Å². The van der Waals surface area contributed by atoms with E-state index in [1.807, 2.05) is 36.4 Å². The summed E-state index contributed by atoms with van der Waals surface area (Å²) in [5, 5.41) is 12.0. The molecule has 0 bridgehead atoms. The summed E-state index contributed by atoms with van der Waals surface area (Å²) in [6, 6.07) is 11.3. The summed E-state index contributed by atoms with van der Waals surface area (Å²) in [6.45, 7) is 0.593. The van der Waals surface area contributed by atoms with E-state index >= 15 is 0 Å². The van der Waals surface area contributed by atoms with Gasteiger partial charge < -0.3 is 16.2 Å². The van der Waals surface area contributed by atoms with Crippen molar-refractivity contribution >= 4 is 11.4 Å². The maximum absolute atomic E-state index is 8.84. The van der Waals surface area contributed by atoms with E-state index in [1.54, 1.807) is 6.20 Å². The van der Waals surface area contributed by atoms with Crippen LogP contribution in [-0.4, -0.2) is 23.2 Å². The molecule has 0 aliphatic carbocycles. The number of nitrogens with one attached hydrogen (secondary N) is 1. The average Bonchev–Trinajstić information content (AvgIpc) is 2.38. The summed E-state index contributed by atoms with van der Waals surface area (Å²) >= 11 is 0. The first-order valence-corrected chi connectivity index (χ1v) is 5.47. The van der Waals surface area contributed by atoms with Gasteiger partial charge in [0.05, 0.1) is 12.3 Å². The molecule has 0 fully saturated rings. The molecule has 0 saturated carbocycles. The molecule has 0 aliphatic rings. The lowest BCUT2D eigenvalue weighted by atomic mass is 10.1. The van der Waals surface area contributed by atoms with Gasteiger partial charge in [-0.25, -0.2) is 0 Å². The van der Waals surface area contributed by atoms with E-state index in [0.29, 0.717) is 12.2 Å². The maximum atomic E-state index is 8.84. The smallest absolute Gasteiger partial charge is 0.0723 e. The van der Waals surface area contributed by atoms with Crippen molar-refractivity contribution in [3.8, 4) is 11.3 Å². The fraction of sp³-hybridized carbons (Fsp3) is 0.154. The van der Waals surface area contributed by atoms with Crippen molar-refractivity contribution in [3.05, 3.63) is 42.6 Å². The minimum absolute atomic E-state index is 0.0893. The molecule has 4 nitrogen and oxygen atoms in total. The van der Waals surface area contributed by atoms with E-state index in [1.165, 1.54) is 0 Å². The SMILES string of the molecule is Nc1ccc(NCCO)c(-c2ccccn2)c1. The summed E-state index contributed by atoms with van der Waals surface area (Å²) in [5.74, 6) is 0. The molecule has 17 heavy (non-hydrogen) atoms. The minimum atomic E-state index is 0.0893. The predicted molar refractivity (Wildman–Crippen MR) is 69.7 cm³/mol. The van der Waals surface area contributed by atoms with Crippen molar-refractivity contribution in [2.45, 2.75) is 0 Å². The number of nitrogens with two attached hydrogens (primary N) is 1. The topological polar surface area (TPSA) is 71.2 Å². The summed E-state index contributed by atoms with van der Waals surface area (Å²) in [7, 11) is 0. The molecule has 1 heterocycles. The lowest BCUT2D eigenvalue weighted by Gasteiger charge is -2.11. The van der Waals surface area contributed by atoms with E-state index in [2.05, 4.69) is 10.3 Å². The normalized spacial score (nSPS) is 10.2. The molecule has 2 aromatic rings. The van der Waals surface area contributed by atoms with Crippen molar-refractivity contribution < 1.29 is 5.11 Å². The molecule has 0 atom stereocenters. The fourth-order valence-electron chi connectivity index (χ4n) is 1.64. The highest BCUT2D eigenvalue weighted by atomic mass is 16.3. The number of pyridine rings is 1. The molecule has 1 aromatic carbocycles. The molecule has 0 amide bonds. The zero-order valence-electron chi connectivity index (χ0n) is 9.43. The van der Waals surface area contributed by atoms with Gasteiger partial charge in [0.2, 0.25) is 0 Å². The summed E-state index contributed by atoms with van der Waals surface area (Å²) in [5.41, 5.74) is 9.21. The second kappa shape index (κ2) is 5.32. The Labute approximate surface area is 100 Å². The molecule has 1 aromatic heterocycles. The third-order valence-electron chi connectivity index (χ3n) is 2.41. The van der Waals surface area contributed by atoms with E-state index in [-0.39, 0.29) is 6.61 Å². The van der Waals surface area contributed by atoms with Crippen molar-refractivity contribution in [2.75, 3.05) is 24.2 Å². The first kappa shape index (κ1) is 11.4. The van der Waals surface area contributed by atoms with Crippen LogP contribution >= 0.6 is 0 Å². The van der Waals surface area contributed by atoms with Gasteiger partial charge in [0.15, 0.2) is 0 Å². The van der Waals surface area contributed by atoms with Gasteiger partial charge in [0, 0.05) is 29.7 Å². The molecule has 4 heteroatoms. The molecule has 0 aliphatic heterocycles. The number of aliphatic hydroxyl groups excluding tert-OH is 1. The van der Waals surface area contributed by atoms with Gasteiger partial charge in [-0.2, -0.15) is 0 Å². The Morgan fingerprint density at radius 1 is 1.24 bits per heavy atom. The lowest BCUT2D eigenvalue weighted by molar-refractivity contribution is 0.311. The molecule has 0 spiro atoms. The monoisotopic (exact) mass is 229 g/mol. The number of hydrogen-bond acceptors (Lipinski definition) is 4. The van der Waals surface area contributed by atoms with Crippen LogP contribution in [-0.2, 0) is 0 Å². The number of nitrogen functional groups attached to an aromatic ring is 1. The predicted octanol–water partition coefficient (Wildman–Crippen LogP) is 1.73. The summed E-state index contributed by atoms with van der Waals surface area (Å²) in [4.78, 5) is 4.30. The molecule has 2 rings (SSSR count). The Balaban J connectivity index is 2.40. The van der Waals surface area contributed by atoms with Gasteiger partial charge in [-0.1, -0.05) is 6.07 Å². The van der Waals surface area contributed by atoms with Crippen LogP contribution in [0.3, 0.4) is 0 Å². The van der Waals surface area contributed by atoms with Crippen LogP contribution in [0.2, 0.25) is 0 Å². The third-order valence-corrected chi connectivity index (χ3v) is 2.41. The van der Waals surface area contributed by atoms with Crippen LogP contribution in [0.5, 0.6) is 0 Å². The zero-order valence-corrected chi connectivity index (χ0v) is 9.43. The van der Waals surface area contributed by atoms with Crippen LogP contribution in [0.25, 0.3) is 11.3 Å². The highest BCUT2D eigenvalue weighted by molar-refractivity contribution is 5.78. The van der Waals surface area contributed by atoms with Crippen LogP contribution in [0.15, 0.2) is 42.6 Å². The first-order chi connectivity index (χ1) is 8.31. The molecule has 4 N–H and O–H groups in total. The van der Waals surface area contributed by atoms with Gasteiger partial charge in [0.25, 0.3) is 0 Å². The van der Waals surface area contributed by atoms with Crippen LogP contribution in [0, 0.1) is 0 Å². The number of rotatable bonds is 4. The molecule has 0 radical (unpaired) electrons. The Morgan fingerprint density at radius 3 is 2.82 bits per heavy atom. The van der Waals surface area contributed by atoms with Gasteiger partial charge in [-0.3, -0.25) is 4.98 Å². The molecule has 0 saturated heterocycles. The van der Waals surface area contributed by atoms with Gasteiger partial charge >= 0.3 is 0 Å². The van der Waals surface area contributed by atoms with Crippen molar-refractivity contribution in [2.24, 2.45) is 0 Å². The first-order valence-electron chi connectivity index (χ1n) is 5.47. The van der Waals surface area contributed by atoms with Gasteiger partial charge in [-0.05, 0) is 30.3 Å². The highest BCUT2D eigenvalue weighted by Gasteiger charge is 2.05. The van der Waals surface area contributed by atoms with Crippen LogP contribution in [0.1, 0.15) is 0 Å². The average molecular weight is 229 g/mol. The number of nitrogens with zero attached hydrogens (tertiary/aromatic N) is 1. The van der Waals surface area contributed by atoms with E-state index in [9.17, 15) is 0 Å². The standard InChI is InChI=1S/C13H15N3O/c14-10-4-5-13(16-7-8-17)11(9-10)12-3-1-2-6-15-12/h1-6,9,16-17H,7-8,14H2. The summed E-state index contributed by atoms with van der Waals surface area (Å²) in [6.07, 6.45) is 1.74. The summed E-state index contributed by atoms with van der Waals surface area (Å²) < 4.78 is 0. The largest absolute Gasteiger partial charge is 0.399 e. The van der Waals surface area contributed by atoms with E-state index < -0.39 is 0 Å². The molecule has 88 valence electrons. The number of benzene rings is 1. The van der Waals surface area contributed by atoms with Gasteiger partial charge in [-0.15, -0.1) is 0 Å². The van der Waals surface area contributed by atoms with Crippen molar-refractivity contribution in [1.82, 2.24) is 4.98 Å². The Morgan fingerprint density at radius 2 is 2.12 bits per heavy atom. The second-order valence-electron chi connectivity index (χ2n) is 3.67. The number of aliphatic hydroxyl groups is 1. The van der Waals surface area contributed by atoms with Gasteiger partial charge in [0.1, 0.15) is 0 Å². The lowest BCUT2D eigenvalue weighted by Crippen LogP contribution is -2.07.